The normalized spacial score (nSPS) is 11.8. The minimum Gasteiger partial charge on any atom is -0.224 e. The molecule has 0 aliphatic rings. The molecular formula is C8H7F4N. The largest absolute Gasteiger partial charge is 0.420 e. The number of halogens is 4. The van der Waals surface area contributed by atoms with Crippen molar-refractivity contribution in [2.45, 2.75) is 20.0 Å². The van der Waals surface area contributed by atoms with Crippen molar-refractivity contribution >= 4 is 0 Å². The van der Waals surface area contributed by atoms with Gasteiger partial charge in [0.05, 0.1) is 0 Å². The van der Waals surface area contributed by atoms with Crippen LogP contribution in [0.2, 0.25) is 0 Å². The number of pyridine rings is 1. The molecule has 0 spiro atoms. The van der Waals surface area contributed by atoms with Gasteiger partial charge in [-0.05, 0) is 25.5 Å². The van der Waals surface area contributed by atoms with E-state index in [1.165, 1.54) is 13.8 Å². The molecule has 1 aromatic heterocycles. The molecule has 0 saturated heterocycles. The van der Waals surface area contributed by atoms with Gasteiger partial charge in [-0.2, -0.15) is 17.6 Å². The molecule has 1 nitrogen and oxygen atoms in total. The number of hydrogen-bond acceptors (Lipinski definition) is 1. The van der Waals surface area contributed by atoms with E-state index in [0.29, 0.717) is 5.56 Å². The highest BCUT2D eigenvalue weighted by atomic mass is 19.4. The van der Waals surface area contributed by atoms with Gasteiger partial charge in [-0.15, -0.1) is 0 Å². The van der Waals surface area contributed by atoms with E-state index >= 15 is 0 Å². The van der Waals surface area contributed by atoms with E-state index < -0.39 is 17.7 Å². The van der Waals surface area contributed by atoms with Gasteiger partial charge in [0.15, 0.2) is 0 Å². The fourth-order valence-electron chi connectivity index (χ4n) is 0.875. The molecule has 0 aliphatic carbocycles. The lowest BCUT2D eigenvalue weighted by Crippen LogP contribution is -2.11. The Morgan fingerprint density at radius 3 is 2.23 bits per heavy atom. The second-order valence-corrected chi connectivity index (χ2v) is 2.73. The van der Waals surface area contributed by atoms with Crippen LogP contribution in [0.5, 0.6) is 0 Å². The van der Waals surface area contributed by atoms with Crippen molar-refractivity contribution in [3.05, 3.63) is 28.8 Å². The Balaban J connectivity index is 3.32. The maximum absolute atomic E-state index is 12.7. The number of alkyl halides is 3. The van der Waals surface area contributed by atoms with Gasteiger partial charge >= 0.3 is 6.18 Å². The van der Waals surface area contributed by atoms with Gasteiger partial charge in [0.25, 0.3) is 0 Å². The summed E-state index contributed by atoms with van der Waals surface area (Å²) in [5, 5.41) is 0. The molecule has 0 saturated carbocycles. The van der Waals surface area contributed by atoms with Crippen LogP contribution in [0.4, 0.5) is 17.6 Å². The van der Waals surface area contributed by atoms with Gasteiger partial charge in [0, 0.05) is 5.69 Å². The van der Waals surface area contributed by atoms with Crippen LogP contribution in [0.3, 0.4) is 0 Å². The summed E-state index contributed by atoms with van der Waals surface area (Å²) in [5.74, 6) is -1.46. The van der Waals surface area contributed by atoms with Gasteiger partial charge in [0.2, 0.25) is 5.95 Å². The first-order valence-electron chi connectivity index (χ1n) is 3.53. The molecule has 1 heterocycles. The van der Waals surface area contributed by atoms with Crippen LogP contribution >= 0.6 is 0 Å². The number of hydrogen-bond donors (Lipinski definition) is 0. The molecule has 0 fully saturated rings. The van der Waals surface area contributed by atoms with Crippen molar-refractivity contribution < 1.29 is 17.6 Å². The Bertz CT molecular complexity index is 330. The predicted molar refractivity (Wildman–Crippen MR) is 38.7 cm³/mol. The highest BCUT2D eigenvalue weighted by Gasteiger charge is 2.35. The van der Waals surface area contributed by atoms with Crippen molar-refractivity contribution in [3.8, 4) is 0 Å². The summed E-state index contributed by atoms with van der Waals surface area (Å²) in [6, 6.07) is 0.762. The van der Waals surface area contributed by atoms with Crippen LogP contribution in [-0.4, -0.2) is 4.98 Å². The molecule has 5 heteroatoms. The topological polar surface area (TPSA) is 12.9 Å². The van der Waals surface area contributed by atoms with Crippen molar-refractivity contribution in [1.29, 1.82) is 0 Å². The van der Waals surface area contributed by atoms with Gasteiger partial charge < -0.3 is 0 Å². The molecule has 0 unspecified atom stereocenters. The smallest absolute Gasteiger partial charge is 0.224 e. The molecule has 13 heavy (non-hydrogen) atoms. The molecule has 72 valence electrons. The van der Waals surface area contributed by atoms with E-state index in [-0.39, 0.29) is 5.69 Å². The summed E-state index contributed by atoms with van der Waals surface area (Å²) >= 11 is 0. The zero-order chi connectivity index (χ0) is 10.2. The van der Waals surface area contributed by atoms with Gasteiger partial charge in [-0.1, -0.05) is 0 Å². The zero-order valence-electron chi connectivity index (χ0n) is 7.04. The van der Waals surface area contributed by atoms with Crippen molar-refractivity contribution in [3.63, 3.8) is 0 Å². The monoisotopic (exact) mass is 193 g/mol. The Hall–Kier alpha value is -1.13. The van der Waals surface area contributed by atoms with E-state index in [1.807, 2.05) is 0 Å². The average Bonchev–Trinajstić information content (AvgIpc) is 1.94. The first-order chi connectivity index (χ1) is 5.82. The third-order valence-corrected chi connectivity index (χ3v) is 1.73. The van der Waals surface area contributed by atoms with Crippen LogP contribution in [-0.2, 0) is 6.18 Å². The number of rotatable bonds is 0. The lowest BCUT2D eigenvalue weighted by atomic mass is 10.1. The van der Waals surface area contributed by atoms with Gasteiger partial charge in [0.1, 0.15) is 5.56 Å². The fourth-order valence-corrected chi connectivity index (χ4v) is 0.875. The first kappa shape index (κ1) is 9.95. The van der Waals surface area contributed by atoms with Crippen molar-refractivity contribution in [2.75, 3.05) is 0 Å². The van der Waals surface area contributed by atoms with Crippen LogP contribution in [0.25, 0.3) is 0 Å². The Morgan fingerprint density at radius 1 is 1.23 bits per heavy atom. The van der Waals surface area contributed by atoms with Gasteiger partial charge in [-0.25, -0.2) is 4.98 Å². The van der Waals surface area contributed by atoms with Crippen LogP contribution in [0.1, 0.15) is 16.8 Å². The second-order valence-electron chi connectivity index (χ2n) is 2.73. The Morgan fingerprint density at radius 2 is 1.77 bits per heavy atom. The minimum atomic E-state index is -4.67. The van der Waals surface area contributed by atoms with E-state index in [0.717, 1.165) is 6.07 Å². The third kappa shape index (κ3) is 1.96. The van der Waals surface area contributed by atoms with E-state index in [9.17, 15) is 17.6 Å². The molecule has 0 bridgehead atoms. The predicted octanol–water partition coefficient (Wildman–Crippen LogP) is 2.86. The standard InChI is InChI=1S/C8H7F4N/c1-4-3-6(8(10,11)12)7(9)13-5(4)2/h3H,1-2H3. The molecule has 1 aromatic rings. The molecule has 0 aliphatic heterocycles. The summed E-state index contributed by atoms with van der Waals surface area (Å²) in [5.41, 5.74) is -0.713. The lowest BCUT2D eigenvalue weighted by molar-refractivity contribution is -0.140. The van der Waals surface area contributed by atoms with E-state index in [2.05, 4.69) is 4.98 Å². The maximum Gasteiger partial charge on any atom is 0.420 e. The minimum absolute atomic E-state index is 0.269. The lowest BCUT2D eigenvalue weighted by Gasteiger charge is -2.09. The molecular weight excluding hydrogens is 186 g/mol. The highest BCUT2D eigenvalue weighted by Crippen LogP contribution is 2.31. The molecule has 0 atom stereocenters. The summed E-state index contributed by atoms with van der Waals surface area (Å²) in [4.78, 5) is 3.15. The molecule has 0 N–H and O–H groups in total. The number of aromatic nitrogens is 1. The van der Waals surface area contributed by atoms with Crippen LogP contribution < -0.4 is 0 Å². The summed E-state index contributed by atoms with van der Waals surface area (Å²) in [6.45, 7) is 2.91. The molecule has 0 radical (unpaired) electrons. The van der Waals surface area contributed by atoms with Crippen LogP contribution in [0, 0.1) is 19.8 Å². The quantitative estimate of drug-likeness (QED) is 0.456. The van der Waals surface area contributed by atoms with E-state index in [4.69, 9.17) is 0 Å². The molecule has 0 aromatic carbocycles. The summed E-state index contributed by atoms with van der Waals surface area (Å²) < 4.78 is 48.9. The first-order valence-corrected chi connectivity index (χ1v) is 3.53. The Labute approximate surface area is 72.4 Å². The Kier molecular flexibility index (Phi) is 2.28. The average molecular weight is 193 g/mol. The summed E-state index contributed by atoms with van der Waals surface area (Å²) in [6.07, 6.45) is -4.67. The summed E-state index contributed by atoms with van der Waals surface area (Å²) in [7, 11) is 0. The van der Waals surface area contributed by atoms with Crippen LogP contribution in [0.15, 0.2) is 6.07 Å². The highest BCUT2D eigenvalue weighted by molar-refractivity contribution is 5.26. The van der Waals surface area contributed by atoms with Gasteiger partial charge in [-0.3, -0.25) is 0 Å². The zero-order valence-corrected chi connectivity index (χ0v) is 7.04. The SMILES string of the molecule is Cc1cc(C(F)(F)F)c(F)nc1C. The fraction of sp³-hybridized carbons (Fsp3) is 0.375. The van der Waals surface area contributed by atoms with E-state index in [1.54, 1.807) is 0 Å². The maximum atomic E-state index is 12.7. The van der Waals surface area contributed by atoms with Crippen molar-refractivity contribution in [1.82, 2.24) is 4.98 Å². The molecule has 1 rings (SSSR count). The second kappa shape index (κ2) is 2.97. The number of nitrogens with zero attached hydrogens (tertiary/aromatic N) is 1. The number of aryl methyl sites for hydroxylation is 2. The van der Waals surface area contributed by atoms with Crippen molar-refractivity contribution in [2.24, 2.45) is 0 Å². The third-order valence-electron chi connectivity index (χ3n) is 1.73. The molecule has 0 amide bonds.